The minimum Gasteiger partial charge on any atom is -0.511 e. The molecule has 39 heavy (non-hydrogen) atoms. The Morgan fingerprint density at radius 2 is 1.77 bits per heavy atom. The van der Waals surface area contributed by atoms with Crippen LogP contribution in [-0.2, 0) is 5.41 Å². The van der Waals surface area contributed by atoms with Crippen LogP contribution in [0.5, 0.6) is 0 Å². The zero-order valence-corrected chi connectivity index (χ0v) is 23.4. The van der Waals surface area contributed by atoms with E-state index in [1.165, 1.54) is 6.08 Å². The fraction of sp³-hybridized carbons (Fsp3) is 0.355. The minimum atomic E-state index is -1.05. The summed E-state index contributed by atoms with van der Waals surface area (Å²) >= 11 is 1.97. The zero-order valence-electron chi connectivity index (χ0n) is 22.6. The Balaban J connectivity index is 1.65. The lowest BCUT2D eigenvalue weighted by Crippen LogP contribution is -2.37. The molecule has 1 fully saturated rings. The van der Waals surface area contributed by atoms with Crippen molar-refractivity contribution < 1.29 is 19.5 Å². The number of anilines is 1. The number of hydrogen-bond acceptors (Lipinski definition) is 7. The minimum absolute atomic E-state index is 0.0167. The van der Waals surface area contributed by atoms with Crippen molar-refractivity contribution in [2.45, 2.75) is 32.6 Å². The van der Waals surface area contributed by atoms with E-state index in [9.17, 15) is 15.0 Å². The Hall–Kier alpha value is -3.65. The van der Waals surface area contributed by atoms with Gasteiger partial charge in [0, 0.05) is 48.5 Å². The van der Waals surface area contributed by atoms with Crippen LogP contribution in [-0.4, -0.2) is 52.4 Å². The summed E-state index contributed by atoms with van der Waals surface area (Å²) in [5, 5.41) is 29.5. The molecular weight excluding hydrogens is 510 g/mol. The Morgan fingerprint density at radius 3 is 2.41 bits per heavy atom. The van der Waals surface area contributed by atoms with Crippen LogP contribution in [0.2, 0.25) is 0 Å². The molecular formula is C31H35N3O4S. The van der Waals surface area contributed by atoms with Crippen LogP contribution < -0.4 is 10.2 Å². The lowest BCUT2D eigenvalue weighted by molar-refractivity contribution is 0.0946. The number of benzene rings is 2. The molecule has 3 aromatic rings. The standard InChI is InChI=1S/C31H35N3O4S/c1-4-32-30(37)28-27(22-10-12-23(13-11-22)34-14-16-39-17-15-34)29(38-33-28)31(20(2)3)19-24(25(35)18-26(31)36)21-8-6-5-7-9-21/h5-13,18,20,35-36H,4,14-17,19H2,1-3H3,(H,32,37). The summed E-state index contributed by atoms with van der Waals surface area (Å²) in [4.78, 5) is 15.5. The molecule has 204 valence electrons. The molecule has 0 spiro atoms. The summed E-state index contributed by atoms with van der Waals surface area (Å²) < 4.78 is 6.03. The zero-order chi connectivity index (χ0) is 27.6. The molecule has 0 radical (unpaired) electrons. The van der Waals surface area contributed by atoms with Crippen LogP contribution in [0.25, 0.3) is 16.7 Å². The predicted octanol–water partition coefficient (Wildman–Crippen LogP) is 6.35. The first-order chi connectivity index (χ1) is 18.9. The van der Waals surface area contributed by atoms with Gasteiger partial charge < -0.3 is 25.0 Å². The number of nitrogens with zero attached hydrogens (tertiary/aromatic N) is 2. The highest BCUT2D eigenvalue weighted by molar-refractivity contribution is 7.99. The third kappa shape index (κ3) is 4.93. The van der Waals surface area contributed by atoms with Crippen molar-refractivity contribution in [1.29, 1.82) is 0 Å². The molecule has 1 saturated heterocycles. The molecule has 3 N–H and O–H groups in total. The summed E-state index contributed by atoms with van der Waals surface area (Å²) in [6.45, 7) is 8.31. The van der Waals surface area contributed by atoms with Crippen LogP contribution in [0.1, 0.15) is 49.0 Å². The van der Waals surface area contributed by atoms with Gasteiger partial charge in [-0.25, -0.2) is 0 Å². The van der Waals surface area contributed by atoms with Gasteiger partial charge in [0.2, 0.25) is 0 Å². The second-order valence-electron chi connectivity index (χ2n) is 10.3. The van der Waals surface area contributed by atoms with Gasteiger partial charge in [0.15, 0.2) is 11.5 Å². The smallest absolute Gasteiger partial charge is 0.274 e. The van der Waals surface area contributed by atoms with E-state index in [2.05, 4.69) is 27.5 Å². The van der Waals surface area contributed by atoms with Crippen molar-refractivity contribution in [2.75, 3.05) is 36.0 Å². The topological polar surface area (TPSA) is 98.8 Å². The van der Waals surface area contributed by atoms with Gasteiger partial charge in [0.05, 0.1) is 11.0 Å². The Bertz CT molecular complexity index is 1390. The summed E-state index contributed by atoms with van der Waals surface area (Å²) in [6.07, 6.45) is 1.69. The Kier molecular flexibility index (Phi) is 7.75. The van der Waals surface area contributed by atoms with E-state index < -0.39 is 5.41 Å². The number of amides is 1. The van der Waals surface area contributed by atoms with Crippen LogP contribution >= 0.6 is 11.8 Å². The summed E-state index contributed by atoms with van der Waals surface area (Å²) in [5.74, 6) is 2.13. The van der Waals surface area contributed by atoms with Crippen molar-refractivity contribution in [1.82, 2.24) is 10.5 Å². The normalized spacial score (nSPS) is 19.8. The molecule has 5 rings (SSSR count). The molecule has 0 saturated carbocycles. The summed E-state index contributed by atoms with van der Waals surface area (Å²) in [6, 6.07) is 17.8. The van der Waals surface area contributed by atoms with E-state index >= 15 is 0 Å². The number of carbonyl (C=O) groups excluding carboxylic acids is 1. The van der Waals surface area contributed by atoms with Crippen molar-refractivity contribution in [3.8, 4) is 11.1 Å². The molecule has 8 heteroatoms. The maximum absolute atomic E-state index is 13.2. The Labute approximate surface area is 233 Å². The molecule has 1 aliphatic carbocycles. The molecule has 2 aliphatic rings. The van der Waals surface area contributed by atoms with E-state index in [1.807, 2.05) is 75.0 Å². The number of aromatic nitrogens is 1. The Morgan fingerprint density at radius 1 is 1.08 bits per heavy atom. The highest BCUT2D eigenvalue weighted by atomic mass is 32.2. The lowest BCUT2D eigenvalue weighted by atomic mass is 9.64. The molecule has 1 aliphatic heterocycles. The third-order valence-corrected chi connectivity index (χ3v) is 8.73. The van der Waals surface area contributed by atoms with Gasteiger partial charge in [-0.1, -0.05) is 61.5 Å². The molecule has 1 unspecified atom stereocenters. The quantitative estimate of drug-likeness (QED) is 0.318. The van der Waals surface area contributed by atoms with E-state index in [1.54, 1.807) is 0 Å². The first-order valence-corrected chi connectivity index (χ1v) is 14.6. The number of hydrogen-bond donors (Lipinski definition) is 3. The van der Waals surface area contributed by atoms with Crippen LogP contribution in [0.15, 0.2) is 76.7 Å². The van der Waals surface area contributed by atoms with Gasteiger partial charge in [-0.05, 0) is 42.5 Å². The maximum atomic E-state index is 13.2. The molecule has 1 amide bonds. The molecule has 2 heterocycles. The van der Waals surface area contributed by atoms with Crippen molar-refractivity contribution >= 4 is 28.9 Å². The second-order valence-corrected chi connectivity index (χ2v) is 11.5. The van der Waals surface area contributed by atoms with Crippen molar-refractivity contribution in [3.05, 3.63) is 89.2 Å². The van der Waals surface area contributed by atoms with E-state index in [4.69, 9.17) is 4.52 Å². The SMILES string of the molecule is CCNC(=O)c1noc(C2(C(C)C)CC(c3ccccc3)=C(O)C=C2O)c1-c1ccc(N2CCSCC2)cc1. The first kappa shape index (κ1) is 26.9. The maximum Gasteiger partial charge on any atom is 0.274 e. The molecule has 1 atom stereocenters. The highest BCUT2D eigenvalue weighted by Crippen LogP contribution is 2.52. The van der Waals surface area contributed by atoms with E-state index in [0.29, 0.717) is 23.4 Å². The average molecular weight is 546 g/mol. The van der Waals surface area contributed by atoms with Gasteiger partial charge in [-0.15, -0.1) is 0 Å². The van der Waals surface area contributed by atoms with Gasteiger partial charge in [0.1, 0.15) is 11.5 Å². The summed E-state index contributed by atoms with van der Waals surface area (Å²) in [5.41, 5.74) is 3.17. The number of aliphatic hydroxyl groups excluding tert-OH is 2. The number of carbonyl (C=O) groups is 1. The lowest BCUT2D eigenvalue weighted by Gasteiger charge is -2.38. The van der Waals surface area contributed by atoms with E-state index in [-0.39, 0.29) is 35.5 Å². The number of rotatable bonds is 7. The van der Waals surface area contributed by atoms with Crippen molar-refractivity contribution in [2.24, 2.45) is 5.92 Å². The van der Waals surface area contributed by atoms with Gasteiger partial charge in [-0.2, -0.15) is 11.8 Å². The second kappa shape index (κ2) is 11.2. The van der Waals surface area contributed by atoms with Gasteiger partial charge in [0.25, 0.3) is 5.91 Å². The van der Waals surface area contributed by atoms with Crippen LogP contribution in [0, 0.1) is 5.92 Å². The number of aliphatic hydroxyl groups is 2. The molecule has 1 aromatic heterocycles. The van der Waals surface area contributed by atoms with Crippen LogP contribution in [0.3, 0.4) is 0 Å². The fourth-order valence-electron chi connectivity index (χ4n) is 5.58. The number of nitrogens with one attached hydrogen (secondary N) is 1. The van der Waals surface area contributed by atoms with Gasteiger partial charge in [-0.3, -0.25) is 4.79 Å². The first-order valence-electron chi connectivity index (χ1n) is 13.5. The number of allylic oxidation sites excluding steroid dienone is 3. The fourth-order valence-corrected chi connectivity index (χ4v) is 6.48. The molecule has 2 aromatic carbocycles. The van der Waals surface area contributed by atoms with Gasteiger partial charge >= 0.3 is 0 Å². The molecule has 0 bridgehead atoms. The van der Waals surface area contributed by atoms with Crippen LogP contribution in [0.4, 0.5) is 5.69 Å². The molecule has 7 nitrogen and oxygen atoms in total. The third-order valence-electron chi connectivity index (χ3n) is 7.79. The largest absolute Gasteiger partial charge is 0.511 e. The summed E-state index contributed by atoms with van der Waals surface area (Å²) in [7, 11) is 0. The predicted molar refractivity (Wildman–Crippen MR) is 157 cm³/mol. The highest BCUT2D eigenvalue weighted by Gasteiger charge is 2.49. The average Bonchev–Trinajstić information content (AvgIpc) is 3.40. The van der Waals surface area contributed by atoms with Crippen molar-refractivity contribution in [3.63, 3.8) is 0 Å². The van der Waals surface area contributed by atoms with E-state index in [0.717, 1.165) is 41.4 Å². The monoisotopic (exact) mass is 545 g/mol. The number of thioether (sulfide) groups is 1.